The van der Waals surface area contributed by atoms with E-state index >= 15 is 0 Å². The van der Waals surface area contributed by atoms with Crippen LogP contribution in [0.3, 0.4) is 0 Å². The van der Waals surface area contributed by atoms with Gasteiger partial charge in [0.15, 0.2) is 0 Å². The van der Waals surface area contributed by atoms with Crippen molar-refractivity contribution < 1.29 is 9.84 Å². The van der Waals surface area contributed by atoms with Crippen LogP contribution in [0.2, 0.25) is 0 Å². The highest BCUT2D eigenvalue weighted by Gasteiger charge is 2.14. The van der Waals surface area contributed by atoms with Crippen molar-refractivity contribution in [1.29, 1.82) is 0 Å². The molecule has 0 aliphatic carbocycles. The van der Waals surface area contributed by atoms with Gasteiger partial charge in [0.2, 0.25) is 0 Å². The van der Waals surface area contributed by atoms with Gasteiger partial charge in [-0.05, 0) is 30.9 Å². The molecule has 4 heteroatoms. The van der Waals surface area contributed by atoms with Gasteiger partial charge >= 0.3 is 0 Å². The smallest absolute Gasteiger partial charge is 0.0898 e. The van der Waals surface area contributed by atoms with Crippen LogP contribution in [0.25, 0.3) is 0 Å². The third-order valence-corrected chi connectivity index (χ3v) is 4.52. The Kier molecular flexibility index (Phi) is 10.5. The van der Waals surface area contributed by atoms with Gasteiger partial charge in [0.1, 0.15) is 0 Å². The average Bonchev–Trinajstić information content (AvgIpc) is 2.65. The van der Waals surface area contributed by atoms with Gasteiger partial charge in [-0.25, -0.2) is 0 Å². The van der Waals surface area contributed by atoms with Crippen LogP contribution in [-0.4, -0.2) is 24.4 Å². The largest absolute Gasteiger partial charge is 0.389 e. The second kappa shape index (κ2) is 12.1. The summed E-state index contributed by atoms with van der Waals surface area (Å²) < 4.78 is 5.94. The molecule has 0 heterocycles. The standard InChI is InChI=1S/C22H31NO2.ClH/c1-4-21(18-13-11-17(3)12-14-18)23-15-20(24)16-25-22(5-2)19-9-7-6-8-10-19;/h6-14,20-24H,4-5,15-16H2,1-3H3;1H. The summed E-state index contributed by atoms with van der Waals surface area (Å²) in [5.41, 5.74) is 3.69. The zero-order chi connectivity index (χ0) is 18.1. The lowest BCUT2D eigenvalue weighted by Gasteiger charge is -2.22. The quantitative estimate of drug-likeness (QED) is 0.613. The molecule has 0 aromatic heterocycles. The highest BCUT2D eigenvalue weighted by atomic mass is 35.5. The second-order valence-corrected chi connectivity index (χ2v) is 6.57. The zero-order valence-electron chi connectivity index (χ0n) is 16.0. The van der Waals surface area contributed by atoms with Crippen LogP contribution in [0.15, 0.2) is 54.6 Å². The van der Waals surface area contributed by atoms with Crippen molar-refractivity contribution in [3.8, 4) is 0 Å². The third-order valence-electron chi connectivity index (χ3n) is 4.52. The van der Waals surface area contributed by atoms with E-state index in [1.807, 2.05) is 18.2 Å². The summed E-state index contributed by atoms with van der Waals surface area (Å²) in [7, 11) is 0. The van der Waals surface area contributed by atoms with Crippen LogP contribution in [0, 0.1) is 6.92 Å². The Labute approximate surface area is 164 Å². The lowest BCUT2D eigenvalue weighted by atomic mass is 10.0. The number of ether oxygens (including phenoxy) is 1. The Balaban J connectivity index is 0.00000338. The molecule has 144 valence electrons. The first-order valence-electron chi connectivity index (χ1n) is 9.28. The van der Waals surface area contributed by atoms with E-state index < -0.39 is 6.10 Å². The fourth-order valence-electron chi connectivity index (χ4n) is 2.98. The van der Waals surface area contributed by atoms with Crippen molar-refractivity contribution in [2.75, 3.05) is 13.2 Å². The number of nitrogens with one attached hydrogen (secondary N) is 1. The Morgan fingerprint density at radius 2 is 1.58 bits per heavy atom. The molecule has 0 aliphatic rings. The van der Waals surface area contributed by atoms with Gasteiger partial charge in [-0.2, -0.15) is 0 Å². The summed E-state index contributed by atoms with van der Waals surface area (Å²) in [5, 5.41) is 13.7. The SMILES string of the molecule is CCC(NCC(O)COC(CC)c1ccccc1)c1ccc(C)cc1.Cl. The third kappa shape index (κ3) is 7.08. The Morgan fingerprint density at radius 1 is 0.923 bits per heavy atom. The molecule has 0 spiro atoms. The molecule has 0 bridgehead atoms. The van der Waals surface area contributed by atoms with E-state index in [0.29, 0.717) is 13.2 Å². The minimum Gasteiger partial charge on any atom is -0.389 e. The highest BCUT2D eigenvalue weighted by molar-refractivity contribution is 5.85. The maximum atomic E-state index is 10.3. The van der Waals surface area contributed by atoms with Crippen molar-refractivity contribution in [2.45, 2.75) is 51.9 Å². The first kappa shape index (κ1) is 22.7. The highest BCUT2D eigenvalue weighted by Crippen LogP contribution is 2.21. The number of aliphatic hydroxyl groups excluding tert-OH is 1. The molecule has 0 radical (unpaired) electrons. The molecule has 0 saturated heterocycles. The zero-order valence-corrected chi connectivity index (χ0v) is 16.8. The number of aryl methyl sites for hydroxylation is 1. The van der Waals surface area contributed by atoms with Gasteiger partial charge < -0.3 is 15.2 Å². The van der Waals surface area contributed by atoms with Crippen LogP contribution in [-0.2, 0) is 4.74 Å². The molecule has 2 aromatic carbocycles. The Bertz CT molecular complexity index is 603. The Hall–Kier alpha value is -1.39. The molecule has 0 fully saturated rings. The second-order valence-electron chi connectivity index (χ2n) is 6.57. The number of benzene rings is 2. The van der Waals surface area contributed by atoms with Gasteiger partial charge in [0, 0.05) is 12.6 Å². The van der Waals surface area contributed by atoms with E-state index in [-0.39, 0.29) is 24.6 Å². The number of halogens is 1. The first-order valence-corrected chi connectivity index (χ1v) is 9.28. The van der Waals surface area contributed by atoms with Gasteiger partial charge in [-0.3, -0.25) is 0 Å². The molecule has 2 rings (SSSR count). The van der Waals surface area contributed by atoms with Crippen LogP contribution in [0.5, 0.6) is 0 Å². The molecule has 3 unspecified atom stereocenters. The Morgan fingerprint density at radius 3 is 2.15 bits per heavy atom. The molecular weight excluding hydrogens is 346 g/mol. The van der Waals surface area contributed by atoms with E-state index in [1.165, 1.54) is 11.1 Å². The molecule has 0 aliphatic heterocycles. The summed E-state index contributed by atoms with van der Waals surface area (Å²) in [6, 6.07) is 19.0. The molecule has 26 heavy (non-hydrogen) atoms. The minimum atomic E-state index is -0.516. The maximum Gasteiger partial charge on any atom is 0.0898 e. The van der Waals surface area contributed by atoms with Crippen molar-refractivity contribution in [3.63, 3.8) is 0 Å². The summed E-state index contributed by atoms with van der Waals surface area (Å²) in [6.07, 6.45) is 1.40. The molecule has 2 aromatic rings. The van der Waals surface area contributed by atoms with Crippen LogP contribution in [0.4, 0.5) is 0 Å². The summed E-state index contributed by atoms with van der Waals surface area (Å²) >= 11 is 0. The lowest BCUT2D eigenvalue weighted by molar-refractivity contribution is -0.0122. The molecular formula is C22H32ClNO2. The molecule has 3 atom stereocenters. The van der Waals surface area contributed by atoms with E-state index in [4.69, 9.17) is 4.74 Å². The van der Waals surface area contributed by atoms with Crippen LogP contribution >= 0.6 is 12.4 Å². The molecule has 2 N–H and O–H groups in total. The van der Waals surface area contributed by atoms with Crippen molar-refractivity contribution in [3.05, 3.63) is 71.3 Å². The maximum absolute atomic E-state index is 10.3. The monoisotopic (exact) mass is 377 g/mol. The normalized spacial score (nSPS) is 14.3. The van der Waals surface area contributed by atoms with Gasteiger partial charge in [-0.1, -0.05) is 74.0 Å². The van der Waals surface area contributed by atoms with E-state index in [2.05, 4.69) is 62.5 Å². The predicted octanol–water partition coefficient (Wildman–Crippen LogP) is 4.99. The van der Waals surface area contributed by atoms with Crippen molar-refractivity contribution >= 4 is 12.4 Å². The van der Waals surface area contributed by atoms with E-state index in [1.54, 1.807) is 0 Å². The van der Waals surface area contributed by atoms with Crippen molar-refractivity contribution in [1.82, 2.24) is 5.32 Å². The first-order chi connectivity index (χ1) is 12.1. The number of aliphatic hydroxyl groups is 1. The lowest BCUT2D eigenvalue weighted by Crippen LogP contribution is -2.33. The summed E-state index contributed by atoms with van der Waals surface area (Å²) in [4.78, 5) is 0. The minimum absolute atomic E-state index is 0. The van der Waals surface area contributed by atoms with Gasteiger partial charge in [0.25, 0.3) is 0 Å². The molecule has 0 amide bonds. The van der Waals surface area contributed by atoms with E-state index in [0.717, 1.165) is 18.4 Å². The summed E-state index contributed by atoms with van der Waals surface area (Å²) in [5.74, 6) is 0. The van der Waals surface area contributed by atoms with Crippen molar-refractivity contribution in [2.24, 2.45) is 0 Å². The number of rotatable bonds is 10. The fourth-order valence-corrected chi connectivity index (χ4v) is 2.98. The van der Waals surface area contributed by atoms with Gasteiger partial charge in [-0.15, -0.1) is 12.4 Å². The fraction of sp³-hybridized carbons (Fsp3) is 0.455. The van der Waals surface area contributed by atoms with Gasteiger partial charge in [0.05, 0.1) is 18.8 Å². The molecule has 0 saturated carbocycles. The number of hydrogen-bond donors (Lipinski definition) is 2. The predicted molar refractivity (Wildman–Crippen MR) is 111 cm³/mol. The van der Waals surface area contributed by atoms with Crippen LogP contribution in [0.1, 0.15) is 55.5 Å². The number of hydrogen-bond acceptors (Lipinski definition) is 3. The molecule has 3 nitrogen and oxygen atoms in total. The van der Waals surface area contributed by atoms with E-state index in [9.17, 15) is 5.11 Å². The topological polar surface area (TPSA) is 41.5 Å². The average molecular weight is 378 g/mol. The summed E-state index contributed by atoms with van der Waals surface area (Å²) in [6.45, 7) is 7.22. The van der Waals surface area contributed by atoms with Crippen LogP contribution < -0.4 is 5.32 Å².